The first-order valence-electron chi connectivity index (χ1n) is 3.90. The van der Waals surface area contributed by atoms with Crippen LogP contribution >= 0.6 is 23.2 Å². The number of hydrogen-bond acceptors (Lipinski definition) is 2. The molecule has 0 radical (unpaired) electrons. The predicted molar refractivity (Wildman–Crippen MR) is 59.1 cm³/mol. The molecule has 15 heavy (non-hydrogen) atoms. The average Bonchev–Trinajstić information content (AvgIpc) is 2.22. The van der Waals surface area contributed by atoms with Crippen LogP contribution in [0.4, 0.5) is 5.69 Å². The molecule has 0 atom stereocenters. The number of amides is 1. The molecule has 0 aliphatic carbocycles. The molecule has 0 unspecified atom stereocenters. The Labute approximate surface area is 95.6 Å². The van der Waals surface area contributed by atoms with Gasteiger partial charge in [-0.3, -0.25) is 4.79 Å². The number of rotatable bonds is 3. The van der Waals surface area contributed by atoms with Crippen LogP contribution in [0.25, 0.3) is 10.4 Å². The third-order valence-corrected chi connectivity index (χ3v) is 2.32. The van der Waals surface area contributed by atoms with Crippen molar-refractivity contribution in [3.8, 4) is 0 Å². The summed E-state index contributed by atoms with van der Waals surface area (Å²) < 4.78 is 0. The lowest BCUT2D eigenvalue weighted by molar-refractivity contribution is -0.114. The van der Waals surface area contributed by atoms with E-state index in [2.05, 4.69) is 15.3 Å². The second-order valence-electron chi connectivity index (χ2n) is 2.54. The highest BCUT2D eigenvalue weighted by atomic mass is 35.5. The Morgan fingerprint density at radius 3 is 2.93 bits per heavy atom. The highest BCUT2D eigenvalue weighted by Gasteiger charge is 2.06. The first-order valence-corrected chi connectivity index (χ1v) is 4.65. The summed E-state index contributed by atoms with van der Waals surface area (Å²) in [7, 11) is 0. The van der Waals surface area contributed by atoms with Crippen molar-refractivity contribution in [2.75, 3.05) is 11.9 Å². The lowest BCUT2D eigenvalue weighted by Gasteiger charge is -2.06. The molecular formula is C8H6Cl2N4O. The van der Waals surface area contributed by atoms with Crippen molar-refractivity contribution in [2.24, 2.45) is 5.11 Å². The Hall–Kier alpha value is -1.42. The van der Waals surface area contributed by atoms with E-state index < -0.39 is 5.91 Å². The van der Waals surface area contributed by atoms with Crippen LogP contribution in [-0.4, -0.2) is 12.5 Å². The summed E-state index contributed by atoms with van der Waals surface area (Å²) in [6.07, 6.45) is 0. The Kier molecular flexibility index (Phi) is 4.24. The summed E-state index contributed by atoms with van der Waals surface area (Å²) in [6, 6.07) is 4.85. The van der Waals surface area contributed by atoms with E-state index >= 15 is 0 Å². The van der Waals surface area contributed by atoms with Crippen molar-refractivity contribution in [3.05, 3.63) is 38.7 Å². The van der Waals surface area contributed by atoms with Crippen molar-refractivity contribution in [1.82, 2.24) is 0 Å². The minimum atomic E-state index is -0.447. The average molecular weight is 245 g/mol. The number of nitrogens with one attached hydrogen (secondary N) is 1. The molecule has 0 bridgehead atoms. The second kappa shape index (κ2) is 5.46. The van der Waals surface area contributed by atoms with E-state index in [1.54, 1.807) is 18.2 Å². The molecule has 1 N–H and O–H groups in total. The molecule has 0 aliphatic rings. The van der Waals surface area contributed by atoms with Crippen LogP contribution in [0.2, 0.25) is 10.0 Å². The molecule has 0 fully saturated rings. The van der Waals surface area contributed by atoms with Gasteiger partial charge in [-0.25, -0.2) is 0 Å². The van der Waals surface area contributed by atoms with E-state index in [1.807, 2.05) is 0 Å². The fourth-order valence-electron chi connectivity index (χ4n) is 0.886. The molecule has 1 aromatic carbocycles. The summed E-state index contributed by atoms with van der Waals surface area (Å²) in [6.45, 7) is -0.278. The summed E-state index contributed by atoms with van der Waals surface area (Å²) in [5.74, 6) is -0.447. The van der Waals surface area contributed by atoms with Crippen LogP contribution in [0.5, 0.6) is 0 Å². The Bertz CT molecular complexity index is 429. The van der Waals surface area contributed by atoms with Gasteiger partial charge in [-0.1, -0.05) is 34.4 Å². The molecule has 78 valence electrons. The monoisotopic (exact) mass is 244 g/mol. The van der Waals surface area contributed by atoms with Crippen LogP contribution in [0, 0.1) is 0 Å². The number of carbonyl (C=O) groups is 1. The van der Waals surface area contributed by atoms with Crippen molar-refractivity contribution < 1.29 is 4.79 Å². The first kappa shape index (κ1) is 11.7. The summed E-state index contributed by atoms with van der Waals surface area (Å²) >= 11 is 11.6. The maximum absolute atomic E-state index is 11.2. The number of halogens is 2. The normalized spacial score (nSPS) is 9.20. The van der Waals surface area contributed by atoms with Crippen LogP contribution in [0.1, 0.15) is 0 Å². The highest BCUT2D eigenvalue weighted by Crippen LogP contribution is 2.29. The molecule has 0 heterocycles. The first-order chi connectivity index (χ1) is 7.15. The van der Waals surface area contributed by atoms with E-state index in [-0.39, 0.29) is 11.6 Å². The van der Waals surface area contributed by atoms with Crippen molar-refractivity contribution >= 4 is 34.8 Å². The molecule has 7 heteroatoms. The van der Waals surface area contributed by atoms with Crippen molar-refractivity contribution in [3.63, 3.8) is 0 Å². The number of benzene rings is 1. The van der Waals surface area contributed by atoms with Gasteiger partial charge in [0.15, 0.2) is 0 Å². The van der Waals surface area contributed by atoms with Gasteiger partial charge in [-0.15, -0.1) is 0 Å². The van der Waals surface area contributed by atoms with E-state index in [1.165, 1.54) is 0 Å². The van der Waals surface area contributed by atoms with Crippen molar-refractivity contribution in [1.29, 1.82) is 0 Å². The summed E-state index contributed by atoms with van der Waals surface area (Å²) in [5, 5.41) is 6.18. The van der Waals surface area contributed by atoms with Gasteiger partial charge in [0.1, 0.15) is 6.54 Å². The summed E-state index contributed by atoms with van der Waals surface area (Å²) in [4.78, 5) is 13.6. The smallest absolute Gasteiger partial charge is 0.230 e. The third kappa shape index (κ3) is 3.32. The fourth-order valence-corrected chi connectivity index (χ4v) is 1.23. The lowest BCUT2D eigenvalue weighted by atomic mass is 10.3. The molecule has 0 aromatic heterocycles. The maximum atomic E-state index is 11.2. The quantitative estimate of drug-likeness (QED) is 0.495. The Morgan fingerprint density at radius 2 is 2.27 bits per heavy atom. The van der Waals surface area contributed by atoms with Gasteiger partial charge in [0.25, 0.3) is 0 Å². The predicted octanol–water partition coefficient (Wildman–Crippen LogP) is 3.24. The van der Waals surface area contributed by atoms with E-state index in [4.69, 9.17) is 28.7 Å². The van der Waals surface area contributed by atoms with Gasteiger partial charge < -0.3 is 5.32 Å². The zero-order chi connectivity index (χ0) is 11.3. The number of nitrogens with zero attached hydrogens (tertiary/aromatic N) is 3. The molecule has 1 amide bonds. The van der Waals surface area contributed by atoms with E-state index in [0.29, 0.717) is 10.7 Å². The lowest BCUT2D eigenvalue weighted by Crippen LogP contribution is -2.14. The van der Waals surface area contributed by atoms with Crippen LogP contribution < -0.4 is 5.32 Å². The second-order valence-corrected chi connectivity index (χ2v) is 3.32. The van der Waals surface area contributed by atoms with Crippen LogP contribution in [0.3, 0.4) is 0 Å². The maximum Gasteiger partial charge on any atom is 0.230 e. The van der Waals surface area contributed by atoms with Crippen LogP contribution in [0.15, 0.2) is 23.3 Å². The highest BCUT2D eigenvalue weighted by molar-refractivity contribution is 6.43. The number of azide groups is 1. The SMILES string of the molecule is [N-]=[N+]=NCC(=O)Nc1cccc(Cl)c1Cl. The van der Waals surface area contributed by atoms with Gasteiger partial charge in [0, 0.05) is 4.91 Å². The number of hydrogen-bond donors (Lipinski definition) is 1. The molecule has 0 spiro atoms. The van der Waals surface area contributed by atoms with Gasteiger partial charge in [0.2, 0.25) is 5.91 Å². The van der Waals surface area contributed by atoms with Crippen LogP contribution in [-0.2, 0) is 4.79 Å². The molecule has 0 saturated heterocycles. The zero-order valence-corrected chi connectivity index (χ0v) is 8.96. The molecule has 1 aromatic rings. The fraction of sp³-hybridized carbons (Fsp3) is 0.125. The molecule has 1 rings (SSSR count). The van der Waals surface area contributed by atoms with E-state index in [0.717, 1.165) is 0 Å². The van der Waals surface area contributed by atoms with E-state index in [9.17, 15) is 4.79 Å². The Balaban J connectivity index is 2.76. The summed E-state index contributed by atoms with van der Waals surface area (Å²) in [5.41, 5.74) is 8.40. The van der Waals surface area contributed by atoms with Gasteiger partial charge in [-0.05, 0) is 17.7 Å². The minimum Gasteiger partial charge on any atom is -0.325 e. The number of carbonyl (C=O) groups excluding carboxylic acids is 1. The zero-order valence-electron chi connectivity index (χ0n) is 7.44. The molecule has 0 saturated carbocycles. The standard InChI is InChI=1S/C8H6Cl2N4O/c9-5-2-1-3-6(8(5)10)13-7(15)4-12-14-11/h1-3H,4H2,(H,13,15). The molecular weight excluding hydrogens is 239 g/mol. The van der Waals surface area contributed by atoms with Gasteiger partial charge >= 0.3 is 0 Å². The van der Waals surface area contributed by atoms with Crippen molar-refractivity contribution in [2.45, 2.75) is 0 Å². The number of anilines is 1. The molecule has 5 nitrogen and oxygen atoms in total. The topological polar surface area (TPSA) is 77.9 Å². The van der Waals surface area contributed by atoms with Gasteiger partial charge in [-0.2, -0.15) is 0 Å². The van der Waals surface area contributed by atoms with Gasteiger partial charge in [0.05, 0.1) is 15.7 Å². The largest absolute Gasteiger partial charge is 0.325 e. The Morgan fingerprint density at radius 1 is 1.53 bits per heavy atom. The molecule has 0 aliphatic heterocycles. The third-order valence-electron chi connectivity index (χ3n) is 1.50. The minimum absolute atomic E-state index is 0.258.